The molecule has 27 heavy (non-hydrogen) atoms. The summed E-state index contributed by atoms with van der Waals surface area (Å²) in [6.45, 7) is 7.17. The van der Waals surface area contributed by atoms with Gasteiger partial charge in [-0.3, -0.25) is 9.69 Å². The van der Waals surface area contributed by atoms with Gasteiger partial charge < -0.3 is 19.8 Å². The van der Waals surface area contributed by atoms with E-state index in [0.717, 1.165) is 0 Å². The maximum Gasteiger partial charge on any atom is 0.356 e. The molecule has 2 N–H and O–H groups in total. The minimum Gasteiger partial charge on any atom is -0.464 e. The molecule has 1 aromatic heterocycles. The van der Waals surface area contributed by atoms with Crippen molar-refractivity contribution in [3.05, 3.63) is 28.9 Å². The van der Waals surface area contributed by atoms with Crippen molar-refractivity contribution < 1.29 is 19.1 Å². The van der Waals surface area contributed by atoms with Crippen molar-refractivity contribution in [1.82, 2.24) is 9.88 Å². The second kappa shape index (κ2) is 7.88. The first-order valence-corrected chi connectivity index (χ1v) is 9.27. The smallest absolute Gasteiger partial charge is 0.356 e. The molecule has 3 atom stereocenters. The molecule has 0 aliphatic carbocycles. The molecule has 1 saturated heterocycles. The van der Waals surface area contributed by atoms with E-state index in [0.29, 0.717) is 34.7 Å². The molecule has 2 heterocycles. The number of fused-ring (bicyclic) bond motifs is 1. The standard InChI is InChI=1S/C19H24ClN3O4/c1-10-8-23(9-11(2)27-10)12(3)18(24)22-16-14-7-13(20)5-6-15(14)21-17(16)19(25)26-4/h5-7,10-12,21H,8-9H2,1-4H3,(H,22,24)/t10-,11+,12-/m0/s1. The number of carbonyl (C=O) groups excluding carboxylic acids is 2. The highest BCUT2D eigenvalue weighted by Gasteiger charge is 2.30. The number of aromatic nitrogens is 1. The van der Waals surface area contributed by atoms with Gasteiger partial charge in [0.15, 0.2) is 0 Å². The average Bonchev–Trinajstić information content (AvgIpc) is 2.97. The summed E-state index contributed by atoms with van der Waals surface area (Å²) in [5.74, 6) is -0.763. The van der Waals surface area contributed by atoms with E-state index in [1.165, 1.54) is 7.11 Å². The molecule has 1 aliphatic heterocycles. The Kier molecular flexibility index (Phi) is 5.74. The predicted molar refractivity (Wildman–Crippen MR) is 104 cm³/mol. The molecule has 0 saturated carbocycles. The van der Waals surface area contributed by atoms with Crippen molar-refractivity contribution in [2.45, 2.75) is 39.0 Å². The maximum atomic E-state index is 12.9. The molecule has 1 aromatic carbocycles. The van der Waals surface area contributed by atoms with Gasteiger partial charge in [-0.15, -0.1) is 0 Å². The zero-order valence-electron chi connectivity index (χ0n) is 15.8. The van der Waals surface area contributed by atoms with Crippen molar-refractivity contribution in [2.24, 2.45) is 0 Å². The number of nitrogens with zero attached hydrogens (tertiary/aromatic N) is 1. The van der Waals surface area contributed by atoms with Crippen LogP contribution >= 0.6 is 11.6 Å². The van der Waals surface area contributed by atoms with E-state index in [1.54, 1.807) is 18.2 Å². The van der Waals surface area contributed by atoms with Crippen LogP contribution in [0.15, 0.2) is 18.2 Å². The highest BCUT2D eigenvalue weighted by atomic mass is 35.5. The number of hydrogen-bond acceptors (Lipinski definition) is 5. The number of H-pyrrole nitrogens is 1. The van der Waals surface area contributed by atoms with Crippen molar-refractivity contribution in [2.75, 3.05) is 25.5 Å². The van der Waals surface area contributed by atoms with Gasteiger partial charge in [0.25, 0.3) is 0 Å². The predicted octanol–water partition coefficient (Wildman–Crippen LogP) is 3.04. The van der Waals surface area contributed by atoms with Crippen LogP contribution in [0.1, 0.15) is 31.3 Å². The monoisotopic (exact) mass is 393 g/mol. The van der Waals surface area contributed by atoms with E-state index < -0.39 is 5.97 Å². The Bertz CT molecular complexity index is 856. The second-order valence-electron chi connectivity index (χ2n) is 6.93. The normalized spacial score (nSPS) is 21.8. The Labute approximate surface area is 162 Å². The molecule has 1 fully saturated rings. The number of esters is 1. The van der Waals surface area contributed by atoms with E-state index in [-0.39, 0.29) is 29.9 Å². The Morgan fingerprint density at radius 2 is 2.00 bits per heavy atom. The number of hydrogen-bond donors (Lipinski definition) is 2. The van der Waals surface area contributed by atoms with Crippen LogP contribution in [0.5, 0.6) is 0 Å². The Hall–Kier alpha value is -2.09. The largest absolute Gasteiger partial charge is 0.464 e. The Morgan fingerprint density at radius 1 is 1.33 bits per heavy atom. The first kappa shape index (κ1) is 19.7. The second-order valence-corrected chi connectivity index (χ2v) is 7.37. The molecule has 7 nitrogen and oxygen atoms in total. The summed E-state index contributed by atoms with van der Waals surface area (Å²) in [6.07, 6.45) is 0.114. The van der Waals surface area contributed by atoms with Gasteiger partial charge in [-0.25, -0.2) is 4.79 Å². The van der Waals surface area contributed by atoms with Crippen LogP contribution in [0.2, 0.25) is 5.02 Å². The number of halogens is 1. The van der Waals surface area contributed by atoms with Crippen molar-refractivity contribution >= 4 is 40.1 Å². The molecule has 2 aromatic rings. The number of amides is 1. The summed E-state index contributed by atoms with van der Waals surface area (Å²) in [7, 11) is 1.30. The highest BCUT2D eigenvalue weighted by Crippen LogP contribution is 2.31. The van der Waals surface area contributed by atoms with E-state index >= 15 is 0 Å². The lowest BCUT2D eigenvalue weighted by atomic mass is 10.1. The first-order chi connectivity index (χ1) is 12.8. The number of morpholine rings is 1. The number of aromatic amines is 1. The number of benzene rings is 1. The SMILES string of the molecule is COC(=O)c1[nH]c2ccc(Cl)cc2c1NC(=O)[C@H](C)N1C[C@@H](C)O[C@@H](C)C1. The third kappa shape index (κ3) is 4.10. The lowest BCUT2D eigenvalue weighted by Gasteiger charge is -2.38. The number of anilines is 1. The average molecular weight is 394 g/mol. The van der Waals surface area contributed by atoms with E-state index in [4.69, 9.17) is 21.1 Å². The summed E-state index contributed by atoms with van der Waals surface area (Å²) < 4.78 is 10.6. The lowest BCUT2D eigenvalue weighted by Crippen LogP contribution is -2.52. The summed E-state index contributed by atoms with van der Waals surface area (Å²) in [6, 6.07) is 4.80. The van der Waals surface area contributed by atoms with Gasteiger partial charge in [0.05, 0.1) is 31.0 Å². The zero-order valence-corrected chi connectivity index (χ0v) is 16.6. The molecule has 0 bridgehead atoms. The molecule has 1 amide bonds. The fourth-order valence-corrected chi connectivity index (χ4v) is 3.65. The molecule has 0 spiro atoms. The molecule has 146 valence electrons. The molecule has 0 radical (unpaired) electrons. The fourth-order valence-electron chi connectivity index (χ4n) is 3.48. The quantitative estimate of drug-likeness (QED) is 0.780. The van der Waals surface area contributed by atoms with Gasteiger partial charge in [0, 0.05) is 29.0 Å². The van der Waals surface area contributed by atoms with Crippen molar-refractivity contribution in [1.29, 1.82) is 0 Å². The highest BCUT2D eigenvalue weighted by molar-refractivity contribution is 6.31. The number of rotatable bonds is 4. The van der Waals surface area contributed by atoms with Gasteiger partial charge in [0.2, 0.25) is 5.91 Å². The van der Waals surface area contributed by atoms with Crippen LogP contribution in [-0.4, -0.2) is 60.2 Å². The molecule has 3 rings (SSSR count). The molecular formula is C19H24ClN3O4. The Morgan fingerprint density at radius 3 is 2.63 bits per heavy atom. The van der Waals surface area contributed by atoms with Crippen LogP contribution in [0, 0.1) is 0 Å². The van der Waals surface area contributed by atoms with Crippen LogP contribution in [0.4, 0.5) is 5.69 Å². The van der Waals surface area contributed by atoms with Gasteiger partial charge in [0.1, 0.15) is 5.69 Å². The summed E-state index contributed by atoms with van der Waals surface area (Å²) in [5.41, 5.74) is 1.26. The number of carbonyl (C=O) groups is 2. The van der Waals surface area contributed by atoms with Gasteiger partial charge >= 0.3 is 5.97 Å². The Balaban J connectivity index is 1.89. The topological polar surface area (TPSA) is 83.7 Å². The van der Waals surface area contributed by atoms with Crippen molar-refractivity contribution in [3.63, 3.8) is 0 Å². The van der Waals surface area contributed by atoms with Crippen LogP contribution < -0.4 is 5.32 Å². The third-order valence-electron chi connectivity index (χ3n) is 4.77. The summed E-state index contributed by atoms with van der Waals surface area (Å²) >= 11 is 6.10. The van der Waals surface area contributed by atoms with Gasteiger partial charge in [-0.1, -0.05) is 11.6 Å². The van der Waals surface area contributed by atoms with Crippen LogP contribution in [-0.2, 0) is 14.3 Å². The van der Waals surface area contributed by atoms with Gasteiger partial charge in [-0.05, 0) is 39.0 Å². The van der Waals surface area contributed by atoms with E-state index in [9.17, 15) is 9.59 Å². The summed E-state index contributed by atoms with van der Waals surface area (Å²) in [5, 5.41) is 4.06. The van der Waals surface area contributed by atoms with Crippen molar-refractivity contribution in [3.8, 4) is 0 Å². The molecule has 0 unspecified atom stereocenters. The van der Waals surface area contributed by atoms with Crippen LogP contribution in [0.25, 0.3) is 10.9 Å². The summed E-state index contributed by atoms with van der Waals surface area (Å²) in [4.78, 5) is 30.2. The molecular weight excluding hydrogens is 370 g/mol. The van der Waals surface area contributed by atoms with E-state index in [1.807, 2.05) is 20.8 Å². The van der Waals surface area contributed by atoms with Crippen LogP contribution in [0.3, 0.4) is 0 Å². The number of ether oxygens (including phenoxy) is 2. The molecule has 1 aliphatic rings. The zero-order chi connectivity index (χ0) is 19.7. The number of nitrogens with one attached hydrogen (secondary N) is 2. The number of methoxy groups -OCH3 is 1. The molecule has 8 heteroatoms. The third-order valence-corrected chi connectivity index (χ3v) is 5.01. The fraction of sp³-hybridized carbons (Fsp3) is 0.474. The lowest BCUT2D eigenvalue weighted by molar-refractivity contribution is -0.126. The first-order valence-electron chi connectivity index (χ1n) is 8.90. The minimum absolute atomic E-state index is 0.0570. The van der Waals surface area contributed by atoms with Gasteiger partial charge in [-0.2, -0.15) is 0 Å². The minimum atomic E-state index is -0.557. The van der Waals surface area contributed by atoms with E-state index in [2.05, 4.69) is 15.2 Å². The maximum absolute atomic E-state index is 12.9.